The molecule has 3 aromatic rings. The quantitative estimate of drug-likeness (QED) is 0.212. The van der Waals surface area contributed by atoms with Crippen LogP contribution in [0.25, 0.3) is 0 Å². The Hall–Kier alpha value is -4.24. The van der Waals surface area contributed by atoms with Crippen molar-refractivity contribution in [2.45, 2.75) is 46.0 Å². The summed E-state index contributed by atoms with van der Waals surface area (Å²) in [4.78, 5) is 41.8. The molecule has 0 aliphatic heterocycles. The van der Waals surface area contributed by atoms with Gasteiger partial charge in [0.1, 0.15) is 11.9 Å². The molecule has 0 saturated carbocycles. The maximum absolute atomic E-state index is 13.1. The van der Waals surface area contributed by atoms with E-state index in [1.807, 2.05) is 60.7 Å². The van der Waals surface area contributed by atoms with Crippen LogP contribution in [0.1, 0.15) is 43.2 Å². The standard InChI is InChI=1S/C30H33NO8/c1-20(17-25(33)28-29(38-22(3)32)26(35-4)15-16-31-28)30(34)39-27(19-36-18-23-11-7-5-8-12-23)21(2)37-24-13-9-6-10-14-24/h5-16,20-21,27H,17-19H2,1-4H3/t20-,21+,27-/m1/s1. The summed E-state index contributed by atoms with van der Waals surface area (Å²) in [5.74, 6) is -1.84. The van der Waals surface area contributed by atoms with Crippen LogP contribution >= 0.6 is 0 Å². The van der Waals surface area contributed by atoms with Gasteiger partial charge in [-0.05, 0) is 24.6 Å². The van der Waals surface area contributed by atoms with Gasteiger partial charge in [0.15, 0.2) is 23.3 Å². The van der Waals surface area contributed by atoms with Crippen LogP contribution in [0.3, 0.4) is 0 Å². The molecule has 1 heterocycles. The lowest BCUT2D eigenvalue weighted by Gasteiger charge is -2.26. The smallest absolute Gasteiger partial charge is 0.309 e. The Balaban J connectivity index is 1.68. The predicted octanol–water partition coefficient (Wildman–Crippen LogP) is 4.82. The first kappa shape index (κ1) is 29.3. The topological polar surface area (TPSA) is 110 Å². The van der Waals surface area contributed by atoms with Gasteiger partial charge >= 0.3 is 11.9 Å². The van der Waals surface area contributed by atoms with Crippen molar-refractivity contribution < 1.29 is 38.1 Å². The minimum absolute atomic E-state index is 0.0866. The van der Waals surface area contributed by atoms with E-state index < -0.39 is 35.8 Å². The van der Waals surface area contributed by atoms with Gasteiger partial charge in [-0.25, -0.2) is 4.98 Å². The van der Waals surface area contributed by atoms with Crippen LogP contribution in [0.4, 0.5) is 0 Å². The van der Waals surface area contributed by atoms with Crippen LogP contribution < -0.4 is 14.2 Å². The fraction of sp³-hybridized carbons (Fsp3) is 0.333. The Morgan fingerprint density at radius 2 is 1.59 bits per heavy atom. The minimum Gasteiger partial charge on any atom is -0.493 e. The summed E-state index contributed by atoms with van der Waals surface area (Å²) in [6, 6.07) is 20.3. The van der Waals surface area contributed by atoms with Crippen molar-refractivity contribution in [3.8, 4) is 17.2 Å². The number of hydrogen-bond acceptors (Lipinski definition) is 9. The van der Waals surface area contributed by atoms with Crippen LogP contribution in [-0.4, -0.2) is 48.6 Å². The molecule has 3 atom stereocenters. The number of carbonyl (C=O) groups excluding carboxylic acids is 3. The van der Waals surface area contributed by atoms with Crippen molar-refractivity contribution in [1.82, 2.24) is 4.98 Å². The molecule has 1 aromatic heterocycles. The fourth-order valence-electron chi connectivity index (χ4n) is 3.68. The number of ether oxygens (including phenoxy) is 5. The van der Waals surface area contributed by atoms with Crippen molar-refractivity contribution in [3.63, 3.8) is 0 Å². The number of nitrogens with zero attached hydrogens (tertiary/aromatic N) is 1. The Morgan fingerprint density at radius 3 is 2.23 bits per heavy atom. The second-order valence-corrected chi connectivity index (χ2v) is 8.93. The zero-order valence-electron chi connectivity index (χ0n) is 22.5. The molecule has 0 aliphatic rings. The molecule has 0 unspecified atom stereocenters. The Morgan fingerprint density at radius 1 is 0.923 bits per heavy atom. The van der Waals surface area contributed by atoms with Crippen molar-refractivity contribution >= 4 is 17.7 Å². The molecule has 2 aromatic carbocycles. The number of pyridine rings is 1. The predicted molar refractivity (Wildman–Crippen MR) is 143 cm³/mol. The van der Waals surface area contributed by atoms with Gasteiger partial charge in [0.2, 0.25) is 5.75 Å². The van der Waals surface area contributed by atoms with E-state index in [2.05, 4.69) is 4.98 Å². The second kappa shape index (κ2) is 14.6. The lowest BCUT2D eigenvalue weighted by atomic mass is 10.0. The van der Waals surface area contributed by atoms with Crippen molar-refractivity contribution in [1.29, 1.82) is 0 Å². The largest absolute Gasteiger partial charge is 0.493 e. The van der Waals surface area contributed by atoms with Gasteiger partial charge in [0, 0.05) is 25.6 Å². The lowest BCUT2D eigenvalue weighted by molar-refractivity contribution is -0.162. The van der Waals surface area contributed by atoms with E-state index in [9.17, 15) is 14.4 Å². The fourth-order valence-corrected chi connectivity index (χ4v) is 3.68. The highest BCUT2D eigenvalue weighted by atomic mass is 16.6. The number of esters is 2. The molecular weight excluding hydrogens is 502 g/mol. The molecule has 3 rings (SSSR count). The molecule has 0 fully saturated rings. The number of rotatable bonds is 14. The summed E-state index contributed by atoms with van der Waals surface area (Å²) in [6.45, 7) is 5.00. The molecule has 0 bridgehead atoms. The third kappa shape index (κ3) is 8.93. The molecule has 9 nitrogen and oxygen atoms in total. The van der Waals surface area contributed by atoms with E-state index in [1.54, 1.807) is 13.8 Å². The maximum atomic E-state index is 13.1. The Labute approximate surface area is 228 Å². The van der Waals surface area contributed by atoms with E-state index in [0.717, 1.165) is 5.56 Å². The highest BCUT2D eigenvalue weighted by Crippen LogP contribution is 2.31. The molecule has 39 heavy (non-hydrogen) atoms. The Bertz CT molecular complexity index is 1230. The molecule has 206 valence electrons. The molecule has 0 spiro atoms. The van der Waals surface area contributed by atoms with Crippen LogP contribution in [0, 0.1) is 5.92 Å². The average molecular weight is 536 g/mol. The summed E-state index contributed by atoms with van der Waals surface area (Å²) >= 11 is 0. The summed E-state index contributed by atoms with van der Waals surface area (Å²) in [6.07, 6.45) is -0.139. The van der Waals surface area contributed by atoms with Crippen LogP contribution in [0.2, 0.25) is 0 Å². The van der Waals surface area contributed by atoms with E-state index in [4.69, 9.17) is 23.7 Å². The molecule has 0 saturated heterocycles. The van der Waals surface area contributed by atoms with E-state index in [1.165, 1.54) is 26.3 Å². The van der Waals surface area contributed by atoms with Crippen molar-refractivity contribution in [2.75, 3.05) is 13.7 Å². The average Bonchev–Trinajstić information content (AvgIpc) is 2.93. The van der Waals surface area contributed by atoms with E-state index >= 15 is 0 Å². The zero-order chi connectivity index (χ0) is 28.2. The molecule has 0 aliphatic carbocycles. The van der Waals surface area contributed by atoms with Gasteiger partial charge in [-0.3, -0.25) is 14.4 Å². The van der Waals surface area contributed by atoms with Gasteiger partial charge in [0.25, 0.3) is 0 Å². The van der Waals surface area contributed by atoms with E-state index in [0.29, 0.717) is 12.4 Å². The van der Waals surface area contributed by atoms with Crippen molar-refractivity contribution in [3.05, 3.63) is 84.2 Å². The van der Waals surface area contributed by atoms with Gasteiger partial charge < -0.3 is 23.7 Å². The molecule has 9 heteroatoms. The number of benzene rings is 2. The summed E-state index contributed by atoms with van der Waals surface area (Å²) in [5, 5.41) is 0. The van der Waals surface area contributed by atoms with Crippen LogP contribution in [0.5, 0.6) is 17.2 Å². The summed E-state index contributed by atoms with van der Waals surface area (Å²) in [7, 11) is 1.38. The van der Waals surface area contributed by atoms with Crippen molar-refractivity contribution in [2.24, 2.45) is 5.92 Å². The highest BCUT2D eigenvalue weighted by Gasteiger charge is 2.29. The number of carbonyl (C=O) groups is 3. The number of ketones is 1. The SMILES string of the molecule is COc1ccnc(C(=O)C[C@@H](C)C(=O)O[C@H](COCc2ccccc2)[C@H](C)Oc2ccccc2)c1OC(C)=O. The van der Waals surface area contributed by atoms with E-state index in [-0.39, 0.29) is 30.2 Å². The normalized spacial score (nSPS) is 13.0. The van der Waals surface area contributed by atoms with Gasteiger partial charge in [-0.2, -0.15) is 0 Å². The first-order valence-corrected chi connectivity index (χ1v) is 12.6. The van der Waals surface area contributed by atoms with Gasteiger partial charge in [-0.15, -0.1) is 0 Å². The first-order valence-electron chi connectivity index (χ1n) is 12.6. The number of para-hydroxylation sites is 1. The molecule has 0 N–H and O–H groups in total. The summed E-state index contributed by atoms with van der Waals surface area (Å²) < 4.78 is 28.0. The molecular formula is C30H33NO8. The number of methoxy groups -OCH3 is 1. The summed E-state index contributed by atoms with van der Waals surface area (Å²) in [5.41, 5.74) is 0.875. The molecule has 0 radical (unpaired) electrons. The molecule has 0 amide bonds. The van der Waals surface area contributed by atoms with Crippen LogP contribution in [-0.2, 0) is 25.7 Å². The minimum atomic E-state index is -0.823. The second-order valence-electron chi connectivity index (χ2n) is 8.93. The van der Waals surface area contributed by atoms with Gasteiger partial charge in [-0.1, -0.05) is 55.5 Å². The number of aromatic nitrogens is 1. The maximum Gasteiger partial charge on any atom is 0.309 e. The highest BCUT2D eigenvalue weighted by molar-refractivity contribution is 5.99. The lowest BCUT2D eigenvalue weighted by Crippen LogP contribution is -2.38. The third-order valence-electron chi connectivity index (χ3n) is 5.74. The first-order chi connectivity index (χ1) is 18.8. The number of Topliss-reactive ketones (excluding diaryl/α,β-unsaturated/α-hetero) is 1. The third-order valence-corrected chi connectivity index (χ3v) is 5.74. The van der Waals surface area contributed by atoms with Gasteiger partial charge in [0.05, 0.1) is 26.2 Å². The monoisotopic (exact) mass is 535 g/mol. The zero-order valence-corrected chi connectivity index (χ0v) is 22.5. The Kier molecular flexibility index (Phi) is 11.0. The van der Waals surface area contributed by atoms with Crippen LogP contribution in [0.15, 0.2) is 72.9 Å². The number of hydrogen-bond donors (Lipinski definition) is 0.